The zero-order chi connectivity index (χ0) is 12.3. The van der Waals surface area contributed by atoms with E-state index in [0.717, 1.165) is 0 Å². The van der Waals surface area contributed by atoms with Crippen molar-refractivity contribution >= 4 is 23.3 Å². The van der Waals surface area contributed by atoms with Crippen molar-refractivity contribution in [3.05, 3.63) is 46.5 Å². The molecule has 0 saturated carbocycles. The van der Waals surface area contributed by atoms with Gasteiger partial charge in [-0.05, 0) is 30.7 Å². The Morgan fingerprint density at radius 3 is 2.56 bits per heavy atom. The third kappa shape index (κ3) is 2.14. The summed E-state index contributed by atoms with van der Waals surface area (Å²) in [6.07, 6.45) is 1.17. The zero-order valence-corrected chi connectivity index (χ0v) is 9.89. The maximum atomic E-state index is 11.7. The number of halogens is 1. The van der Waals surface area contributed by atoms with Crippen LogP contribution in [0.15, 0.2) is 24.8 Å². The number of allylic oxidation sites excluding steroid dienone is 1. The minimum atomic E-state index is -0.315. The Bertz CT molecular complexity index is 466. The van der Waals surface area contributed by atoms with Gasteiger partial charge in [-0.25, -0.2) is 0 Å². The van der Waals surface area contributed by atoms with Crippen molar-refractivity contribution in [3.8, 4) is 0 Å². The fourth-order valence-electron chi connectivity index (χ4n) is 1.43. The number of hydrogen-bond donors (Lipinski definition) is 1. The molecule has 0 heterocycles. The molecular formula is C12H12ClNO2. The van der Waals surface area contributed by atoms with E-state index < -0.39 is 0 Å². The lowest BCUT2D eigenvalue weighted by Crippen LogP contribution is -2.21. The molecule has 0 bridgehead atoms. The van der Waals surface area contributed by atoms with Gasteiger partial charge in [0, 0.05) is 17.6 Å². The van der Waals surface area contributed by atoms with Gasteiger partial charge in [0.2, 0.25) is 0 Å². The molecule has 1 rings (SSSR count). The number of rotatable bonds is 3. The molecule has 0 aliphatic carbocycles. The van der Waals surface area contributed by atoms with Gasteiger partial charge in [0.25, 0.3) is 5.91 Å². The monoisotopic (exact) mass is 237 g/mol. The number of carbonyl (C=O) groups excluding carboxylic acids is 2. The average Bonchev–Trinajstić information content (AvgIpc) is 2.30. The molecule has 16 heavy (non-hydrogen) atoms. The molecule has 0 spiro atoms. The maximum Gasteiger partial charge on any atom is 0.251 e. The second-order valence-electron chi connectivity index (χ2n) is 3.24. The summed E-state index contributed by atoms with van der Waals surface area (Å²) in [5.74, 6) is -0.622. The zero-order valence-electron chi connectivity index (χ0n) is 9.13. The van der Waals surface area contributed by atoms with Crippen LogP contribution in [-0.4, -0.2) is 18.7 Å². The van der Waals surface area contributed by atoms with Crippen LogP contribution in [0.25, 0.3) is 0 Å². The predicted octanol–water partition coefficient (Wildman–Crippen LogP) is 2.38. The molecule has 0 aliphatic heterocycles. The van der Waals surface area contributed by atoms with E-state index in [-0.39, 0.29) is 11.7 Å². The number of benzene rings is 1. The van der Waals surface area contributed by atoms with Gasteiger partial charge >= 0.3 is 0 Å². The summed E-state index contributed by atoms with van der Waals surface area (Å²) in [6.45, 7) is 5.11. The van der Waals surface area contributed by atoms with E-state index in [0.29, 0.717) is 21.7 Å². The summed E-state index contributed by atoms with van der Waals surface area (Å²) >= 11 is 5.92. The number of nitrogens with one attached hydrogen (secondary N) is 1. The van der Waals surface area contributed by atoms with Crippen molar-refractivity contribution < 1.29 is 9.59 Å². The molecule has 0 atom stereocenters. The molecule has 0 fully saturated rings. The summed E-state index contributed by atoms with van der Waals surface area (Å²) in [5, 5.41) is 2.94. The molecule has 0 saturated heterocycles. The molecule has 1 aromatic rings. The van der Waals surface area contributed by atoms with E-state index in [9.17, 15) is 9.59 Å². The van der Waals surface area contributed by atoms with E-state index in [1.807, 2.05) is 0 Å². The molecule has 0 aliphatic rings. The van der Waals surface area contributed by atoms with Gasteiger partial charge in [0.1, 0.15) is 0 Å². The van der Waals surface area contributed by atoms with Crippen LogP contribution in [0.3, 0.4) is 0 Å². The van der Waals surface area contributed by atoms with E-state index in [2.05, 4.69) is 11.9 Å². The molecule has 3 nitrogen and oxygen atoms in total. The van der Waals surface area contributed by atoms with E-state index in [4.69, 9.17) is 11.6 Å². The minimum Gasteiger partial charge on any atom is -0.355 e. The van der Waals surface area contributed by atoms with Crippen LogP contribution in [0.2, 0.25) is 5.02 Å². The van der Waals surface area contributed by atoms with E-state index in [1.165, 1.54) is 19.2 Å². The first-order chi connectivity index (χ1) is 7.52. The molecule has 0 radical (unpaired) electrons. The van der Waals surface area contributed by atoms with Crippen LogP contribution < -0.4 is 5.32 Å². The first-order valence-electron chi connectivity index (χ1n) is 4.70. The SMILES string of the molecule is C=CC(=O)c1c(C(=O)NC)ccc(Cl)c1C. The van der Waals surface area contributed by atoms with Gasteiger partial charge in [-0.15, -0.1) is 0 Å². The summed E-state index contributed by atoms with van der Waals surface area (Å²) in [4.78, 5) is 23.2. The van der Waals surface area contributed by atoms with Gasteiger partial charge in [0.05, 0.1) is 5.56 Å². The van der Waals surface area contributed by atoms with Crippen LogP contribution in [0.5, 0.6) is 0 Å². The quantitative estimate of drug-likeness (QED) is 0.648. The Balaban J connectivity index is 3.50. The number of hydrogen-bond acceptors (Lipinski definition) is 2. The van der Waals surface area contributed by atoms with Crippen molar-refractivity contribution in [1.82, 2.24) is 5.32 Å². The molecule has 4 heteroatoms. The van der Waals surface area contributed by atoms with Crippen molar-refractivity contribution in [3.63, 3.8) is 0 Å². The Morgan fingerprint density at radius 2 is 2.06 bits per heavy atom. The lowest BCUT2D eigenvalue weighted by molar-refractivity contribution is 0.0951. The summed E-state index contributed by atoms with van der Waals surface area (Å²) < 4.78 is 0. The highest BCUT2D eigenvalue weighted by Crippen LogP contribution is 2.23. The smallest absolute Gasteiger partial charge is 0.251 e. The summed E-state index contributed by atoms with van der Waals surface area (Å²) in [6, 6.07) is 3.13. The standard InChI is InChI=1S/C12H12ClNO2/c1-4-10(15)11-7(2)9(13)6-5-8(11)12(16)14-3/h4-6H,1H2,2-3H3,(H,14,16). The first kappa shape index (κ1) is 12.5. The molecule has 84 valence electrons. The highest BCUT2D eigenvalue weighted by atomic mass is 35.5. The van der Waals surface area contributed by atoms with Crippen molar-refractivity contribution in [2.75, 3.05) is 7.05 Å². The summed E-state index contributed by atoms with van der Waals surface area (Å²) in [5.41, 5.74) is 1.21. The van der Waals surface area contributed by atoms with Crippen molar-refractivity contribution in [1.29, 1.82) is 0 Å². The molecule has 1 amide bonds. The molecule has 0 aromatic heterocycles. The number of carbonyl (C=O) groups is 2. The fourth-order valence-corrected chi connectivity index (χ4v) is 1.59. The number of ketones is 1. The van der Waals surface area contributed by atoms with Gasteiger partial charge < -0.3 is 5.32 Å². The fraction of sp³-hybridized carbons (Fsp3) is 0.167. The van der Waals surface area contributed by atoms with Gasteiger partial charge in [-0.2, -0.15) is 0 Å². The lowest BCUT2D eigenvalue weighted by atomic mass is 9.97. The second kappa shape index (κ2) is 4.94. The second-order valence-corrected chi connectivity index (χ2v) is 3.65. The highest BCUT2D eigenvalue weighted by molar-refractivity contribution is 6.32. The van der Waals surface area contributed by atoms with E-state index in [1.54, 1.807) is 13.0 Å². The van der Waals surface area contributed by atoms with Gasteiger partial charge in [0.15, 0.2) is 5.78 Å². The molecule has 1 aromatic carbocycles. The Kier molecular flexibility index (Phi) is 3.85. The Hall–Kier alpha value is -1.61. The third-order valence-corrected chi connectivity index (χ3v) is 2.71. The largest absolute Gasteiger partial charge is 0.355 e. The topological polar surface area (TPSA) is 46.2 Å². The first-order valence-corrected chi connectivity index (χ1v) is 5.08. The molecule has 0 unspecified atom stereocenters. The van der Waals surface area contributed by atoms with Crippen molar-refractivity contribution in [2.24, 2.45) is 0 Å². The van der Waals surface area contributed by atoms with Crippen LogP contribution in [0.1, 0.15) is 26.3 Å². The van der Waals surface area contributed by atoms with Gasteiger partial charge in [-0.3, -0.25) is 9.59 Å². The van der Waals surface area contributed by atoms with Crippen LogP contribution >= 0.6 is 11.6 Å². The van der Waals surface area contributed by atoms with Crippen LogP contribution in [0, 0.1) is 6.92 Å². The minimum absolute atomic E-state index is 0.307. The maximum absolute atomic E-state index is 11.7. The van der Waals surface area contributed by atoms with Crippen LogP contribution in [0.4, 0.5) is 0 Å². The normalized spacial score (nSPS) is 9.69. The third-order valence-electron chi connectivity index (χ3n) is 2.30. The van der Waals surface area contributed by atoms with Crippen LogP contribution in [-0.2, 0) is 0 Å². The number of amides is 1. The highest BCUT2D eigenvalue weighted by Gasteiger charge is 2.18. The lowest BCUT2D eigenvalue weighted by Gasteiger charge is -2.10. The van der Waals surface area contributed by atoms with Gasteiger partial charge in [-0.1, -0.05) is 18.2 Å². The average molecular weight is 238 g/mol. The Labute approximate surface area is 99.1 Å². The molecular weight excluding hydrogens is 226 g/mol. The predicted molar refractivity (Wildman–Crippen MR) is 64.1 cm³/mol. The van der Waals surface area contributed by atoms with E-state index >= 15 is 0 Å². The Morgan fingerprint density at radius 1 is 1.44 bits per heavy atom. The summed E-state index contributed by atoms with van der Waals surface area (Å²) in [7, 11) is 1.51. The van der Waals surface area contributed by atoms with Crippen molar-refractivity contribution in [2.45, 2.75) is 6.92 Å². The molecule has 1 N–H and O–H groups in total.